The summed E-state index contributed by atoms with van der Waals surface area (Å²) in [7, 11) is 1.59. The van der Waals surface area contributed by atoms with Gasteiger partial charge in [-0.1, -0.05) is 30.3 Å². The van der Waals surface area contributed by atoms with Crippen LogP contribution >= 0.6 is 11.6 Å². The normalized spacial score (nSPS) is 17.7. The number of hydrogen-bond donors (Lipinski definition) is 1. The van der Waals surface area contributed by atoms with Gasteiger partial charge in [0.1, 0.15) is 28.9 Å². The molecule has 0 saturated carbocycles. The Kier molecular flexibility index (Phi) is 7.30. The SMILES string of the molecule is C=C(O)CC1c2cccc(F)c2N=C(C2CCN(c3ccc(F)c(C)c3)CC2)N1c1cc(Cl)ccc1OC. The van der Waals surface area contributed by atoms with Crippen LogP contribution < -0.4 is 14.5 Å². The van der Waals surface area contributed by atoms with E-state index in [1.165, 1.54) is 12.1 Å². The molecule has 0 aromatic heterocycles. The fourth-order valence-corrected chi connectivity index (χ4v) is 5.63. The van der Waals surface area contributed by atoms with E-state index in [1.807, 2.05) is 23.1 Å². The van der Waals surface area contributed by atoms with E-state index in [0.29, 0.717) is 33.4 Å². The molecule has 0 bridgehead atoms. The van der Waals surface area contributed by atoms with E-state index >= 15 is 4.39 Å². The molecule has 2 aliphatic heterocycles. The summed E-state index contributed by atoms with van der Waals surface area (Å²) in [6, 6.07) is 14.9. The molecule has 2 heterocycles. The highest BCUT2D eigenvalue weighted by atomic mass is 35.5. The maximum absolute atomic E-state index is 15.1. The van der Waals surface area contributed by atoms with Crippen molar-refractivity contribution < 1.29 is 18.6 Å². The van der Waals surface area contributed by atoms with Gasteiger partial charge in [0.05, 0.1) is 24.6 Å². The standard InChI is InChI=1S/C30H30ClF2N3O2/c1-18-15-22(8-9-24(18)32)35-13-11-20(12-14-35)30-34-29-23(5-4-6-25(29)33)26(16-19(2)37)36(30)27-17-21(31)7-10-28(27)38-3/h4-10,15,17,20,26,37H,2,11-14,16H2,1,3H3. The number of benzene rings is 3. The smallest absolute Gasteiger partial charge is 0.149 e. The summed E-state index contributed by atoms with van der Waals surface area (Å²) in [6.07, 6.45) is 1.69. The first-order chi connectivity index (χ1) is 18.3. The number of nitrogens with zero attached hydrogens (tertiary/aromatic N) is 3. The maximum Gasteiger partial charge on any atom is 0.149 e. The first-order valence-corrected chi connectivity index (χ1v) is 13.0. The second kappa shape index (κ2) is 10.7. The van der Waals surface area contributed by atoms with Gasteiger partial charge in [0.25, 0.3) is 0 Å². The van der Waals surface area contributed by atoms with Gasteiger partial charge in [-0.3, -0.25) is 0 Å². The van der Waals surface area contributed by atoms with Gasteiger partial charge in [-0.05, 0) is 67.8 Å². The number of aliphatic imine (C=N–C) groups is 1. The van der Waals surface area contributed by atoms with Crippen molar-refractivity contribution in [1.82, 2.24) is 0 Å². The lowest BCUT2D eigenvalue weighted by molar-refractivity contribution is 0.373. The Balaban J connectivity index is 1.57. The molecule has 3 aromatic carbocycles. The summed E-state index contributed by atoms with van der Waals surface area (Å²) < 4.78 is 34.6. The fraction of sp³-hybridized carbons (Fsp3) is 0.300. The first kappa shape index (κ1) is 26.0. The third-order valence-electron chi connectivity index (χ3n) is 7.36. The highest BCUT2D eigenvalue weighted by Gasteiger charge is 2.38. The molecular formula is C30H30ClF2N3O2. The number of fused-ring (bicyclic) bond motifs is 1. The van der Waals surface area contributed by atoms with Crippen molar-refractivity contribution in [3.8, 4) is 5.75 Å². The summed E-state index contributed by atoms with van der Waals surface area (Å²) in [5.74, 6) is 0.644. The third-order valence-corrected chi connectivity index (χ3v) is 7.59. The number of amidine groups is 1. The van der Waals surface area contributed by atoms with E-state index < -0.39 is 11.9 Å². The zero-order valence-corrected chi connectivity index (χ0v) is 22.2. The number of aliphatic hydroxyl groups excluding tert-OH is 1. The van der Waals surface area contributed by atoms with Crippen LogP contribution in [0.2, 0.25) is 5.02 Å². The topological polar surface area (TPSA) is 48.3 Å². The number of methoxy groups -OCH3 is 1. The molecular weight excluding hydrogens is 508 g/mol. The molecule has 0 radical (unpaired) electrons. The number of piperidine rings is 1. The molecule has 0 aliphatic carbocycles. The molecule has 0 amide bonds. The Hall–Kier alpha value is -3.58. The molecule has 0 spiro atoms. The Labute approximate surface area is 226 Å². The molecule has 1 atom stereocenters. The van der Waals surface area contributed by atoms with Crippen LogP contribution in [-0.2, 0) is 0 Å². The summed E-state index contributed by atoms with van der Waals surface area (Å²) in [5, 5.41) is 10.8. The highest BCUT2D eigenvalue weighted by molar-refractivity contribution is 6.31. The largest absolute Gasteiger partial charge is 0.513 e. The molecule has 1 fully saturated rings. The van der Waals surface area contributed by atoms with E-state index in [2.05, 4.69) is 11.5 Å². The molecule has 198 valence electrons. The first-order valence-electron chi connectivity index (χ1n) is 12.6. The number of aryl methyl sites for hydroxylation is 1. The minimum atomic E-state index is -0.462. The molecule has 1 saturated heterocycles. The van der Waals surface area contributed by atoms with Gasteiger partial charge in [-0.2, -0.15) is 0 Å². The van der Waals surface area contributed by atoms with Gasteiger partial charge in [0.2, 0.25) is 0 Å². The van der Waals surface area contributed by atoms with Gasteiger partial charge < -0.3 is 19.6 Å². The highest BCUT2D eigenvalue weighted by Crippen LogP contribution is 2.47. The van der Waals surface area contributed by atoms with Crippen LogP contribution in [0.5, 0.6) is 5.75 Å². The molecule has 38 heavy (non-hydrogen) atoms. The van der Waals surface area contributed by atoms with E-state index in [-0.39, 0.29) is 29.6 Å². The van der Waals surface area contributed by atoms with Crippen LogP contribution in [0, 0.1) is 24.5 Å². The number of ether oxygens (including phenoxy) is 1. The molecule has 1 N–H and O–H groups in total. The van der Waals surface area contributed by atoms with Crippen molar-refractivity contribution in [1.29, 1.82) is 0 Å². The lowest BCUT2D eigenvalue weighted by atomic mass is 9.89. The monoisotopic (exact) mass is 537 g/mol. The second-order valence-electron chi connectivity index (χ2n) is 9.81. The van der Waals surface area contributed by atoms with Crippen molar-refractivity contribution in [2.45, 2.75) is 32.2 Å². The van der Waals surface area contributed by atoms with Gasteiger partial charge >= 0.3 is 0 Å². The number of anilines is 2. The second-order valence-corrected chi connectivity index (χ2v) is 10.3. The van der Waals surface area contributed by atoms with Crippen LogP contribution in [0.1, 0.15) is 36.4 Å². The van der Waals surface area contributed by atoms with Crippen LogP contribution in [0.25, 0.3) is 0 Å². The van der Waals surface area contributed by atoms with Crippen molar-refractivity contribution in [2.75, 3.05) is 30.0 Å². The number of aliphatic hydroxyl groups is 1. The summed E-state index contributed by atoms with van der Waals surface area (Å²) >= 11 is 6.43. The summed E-state index contributed by atoms with van der Waals surface area (Å²) in [5.41, 5.74) is 3.22. The van der Waals surface area contributed by atoms with E-state index in [0.717, 1.165) is 31.6 Å². The molecule has 3 aromatic rings. The maximum atomic E-state index is 15.1. The van der Waals surface area contributed by atoms with Crippen LogP contribution in [0.3, 0.4) is 0 Å². The number of halogens is 3. The van der Waals surface area contributed by atoms with Crippen molar-refractivity contribution in [3.05, 3.63) is 94.7 Å². The third kappa shape index (κ3) is 4.95. The van der Waals surface area contributed by atoms with Gasteiger partial charge in [0.15, 0.2) is 0 Å². The van der Waals surface area contributed by atoms with E-state index in [4.69, 9.17) is 21.3 Å². The Morgan fingerprint density at radius 3 is 2.55 bits per heavy atom. The summed E-state index contributed by atoms with van der Waals surface area (Å²) in [4.78, 5) is 9.16. The Morgan fingerprint density at radius 1 is 1.11 bits per heavy atom. The minimum Gasteiger partial charge on any atom is -0.513 e. The lowest BCUT2D eigenvalue weighted by Crippen LogP contribution is -2.46. The predicted molar refractivity (Wildman–Crippen MR) is 149 cm³/mol. The fourth-order valence-electron chi connectivity index (χ4n) is 5.46. The average molecular weight is 538 g/mol. The average Bonchev–Trinajstić information content (AvgIpc) is 2.90. The van der Waals surface area contributed by atoms with Gasteiger partial charge in [-0.25, -0.2) is 13.8 Å². The summed E-state index contributed by atoms with van der Waals surface area (Å²) in [6.45, 7) is 6.96. The molecule has 5 nitrogen and oxygen atoms in total. The van der Waals surface area contributed by atoms with Crippen LogP contribution in [0.15, 0.2) is 71.9 Å². The molecule has 8 heteroatoms. The zero-order chi connectivity index (χ0) is 27.0. The zero-order valence-electron chi connectivity index (χ0n) is 21.4. The molecule has 5 rings (SSSR count). The number of rotatable bonds is 6. The van der Waals surface area contributed by atoms with E-state index in [9.17, 15) is 9.50 Å². The molecule has 1 unspecified atom stereocenters. The van der Waals surface area contributed by atoms with Crippen molar-refractivity contribution in [3.63, 3.8) is 0 Å². The quantitative estimate of drug-likeness (QED) is 0.325. The Bertz CT molecular complexity index is 1400. The van der Waals surface area contributed by atoms with Crippen LogP contribution in [0.4, 0.5) is 25.8 Å². The van der Waals surface area contributed by atoms with Crippen LogP contribution in [-0.4, -0.2) is 31.1 Å². The number of hydrogen-bond acceptors (Lipinski definition) is 5. The van der Waals surface area contributed by atoms with Crippen molar-refractivity contribution >= 4 is 34.5 Å². The molecule has 2 aliphatic rings. The van der Waals surface area contributed by atoms with Gasteiger partial charge in [0, 0.05) is 41.7 Å². The van der Waals surface area contributed by atoms with E-state index in [1.54, 1.807) is 38.3 Å². The lowest BCUT2D eigenvalue weighted by Gasteiger charge is -2.43. The van der Waals surface area contributed by atoms with Gasteiger partial charge in [-0.15, -0.1) is 0 Å². The number of para-hydroxylation sites is 1. The Morgan fingerprint density at radius 2 is 1.87 bits per heavy atom. The van der Waals surface area contributed by atoms with Crippen molar-refractivity contribution in [2.24, 2.45) is 10.9 Å². The predicted octanol–water partition coefficient (Wildman–Crippen LogP) is 7.90. The minimum absolute atomic E-state index is 0.00121.